The molecule has 0 unspecified atom stereocenters. The van der Waals surface area contributed by atoms with Crippen LogP contribution in [-0.2, 0) is 4.74 Å². The van der Waals surface area contributed by atoms with Gasteiger partial charge in [-0.3, -0.25) is 0 Å². The minimum absolute atomic E-state index is 0.00902. The minimum Gasteiger partial charge on any atom is -0.504 e. The van der Waals surface area contributed by atoms with Crippen LogP contribution < -0.4 is 9.47 Å². The zero-order valence-electron chi connectivity index (χ0n) is 10.6. The second kappa shape index (κ2) is 5.38. The van der Waals surface area contributed by atoms with Crippen LogP contribution >= 0.6 is 0 Å². The molecule has 1 N–H and O–H groups in total. The van der Waals surface area contributed by atoms with Crippen molar-refractivity contribution >= 4 is 0 Å². The number of phenolic OH excluding ortho intramolecular Hbond substituents is 1. The fourth-order valence-electron chi connectivity index (χ4n) is 1.67. The summed E-state index contributed by atoms with van der Waals surface area (Å²) in [6.07, 6.45) is 0.129. The van der Waals surface area contributed by atoms with E-state index in [4.69, 9.17) is 14.2 Å². The molecule has 0 saturated carbocycles. The third-order valence-electron chi connectivity index (χ3n) is 2.81. The van der Waals surface area contributed by atoms with E-state index < -0.39 is 0 Å². The lowest BCUT2D eigenvalue weighted by atomic mass is 10.3. The van der Waals surface area contributed by atoms with E-state index in [1.165, 1.54) is 30.3 Å². The van der Waals surface area contributed by atoms with Gasteiger partial charge in [0.15, 0.2) is 11.5 Å². The Hall–Kier alpha value is -2.27. The number of hydrogen-bond acceptors (Lipinski definition) is 4. The molecule has 0 aromatic heterocycles. The topological polar surface area (TPSA) is 51.2 Å². The number of rotatable bonds is 5. The molecule has 1 atom stereocenters. The first-order chi connectivity index (χ1) is 9.70. The predicted octanol–water partition coefficient (Wildman–Crippen LogP) is 3.10. The van der Waals surface area contributed by atoms with Crippen LogP contribution in [-0.4, -0.2) is 24.4 Å². The van der Waals surface area contributed by atoms with Crippen LogP contribution in [0.1, 0.15) is 0 Å². The largest absolute Gasteiger partial charge is 0.504 e. The molecule has 1 fully saturated rings. The molecule has 1 heterocycles. The average Bonchev–Trinajstić information content (AvgIpc) is 3.25. The number of phenols is 1. The number of hydrogen-bond donors (Lipinski definition) is 1. The Bertz CT molecular complexity index is 593. The van der Waals surface area contributed by atoms with Crippen LogP contribution in [0.4, 0.5) is 4.39 Å². The first-order valence-corrected chi connectivity index (χ1v) is 6.21. The summed E-state index contributed by atoms with van der Waals surface area (Å²) in [4.78, 5) is 0. The van der Waals surface area contributed by atoms with Gasteiger partial charge in [-0.05, 0) is 36.4 Å². The first-order valence-electron chi connectivity index (χ1n) is 6.21. The Morgan fingerprint density at radius 2 is 1.85 bits per heavy atom. The Morgan fingerprint density at radius 1 is 1.15 bits per heavy atom. The number of ether oxygens (including phenoxy) is 3. The number of epoxide rings is 1. The summed E-state index contributed by atoms with van der Waals surface area (Å²) in [6, 6.07) is 10.4. The van der Waals surface area contributed by atoms with Gasteiger partial charge in [0.1, 0.15) is 30.0 Å². The van der Waals surface area contributed by atoms with Crippen molar-refractivity contribution in [2.75, 3.05) is 13.2 Å². The molecule has 5 heteroatoms. The summed E-state index contributed by atoms with van der Waals surface area (Å²) in [6.45, 7) is 1.12. The molecule has 1 saturated heterocycles. The smallest absolute Gasteiger partial charge is 0.161 e. The molecule has 0 amide bonds. The van der Waals surface area contributed by atoms with E-state index in [9.17, 15) is 9.50 Å². The van der Waals surface area contributed by atoms with Crippen LogP contribution in [0, 0.1) is 5.82 Å². The van der Waals surface area contributed by atoms with Crippen LogP contribution in [0.25, 0.3) is 0 Å². The van der Waals surface area contributed by atoms with Crippen molar-refractivity contribution in [3.05, 3.63) is 48.3 Å². The van der Waals surface area contributed by atoms with Crippen LogP contribution in [0.5, 0.6) is 23.0 Å². The SMILES string of the molecule is Oc1cc(Oc2ccc(F)cc2)ccc1OC[C@@H]1CO1. The van der Waals surface area contributed by atoms with Gasteiger partial charge in [0.2, 0.25) is 0 Å². The third-order valence-corrected chi connectivity index (χ3v) is 2.81. The second-order valence-electron chi connectivity index (χ2n) is 4.45. The quantitative estimate of drug-likeness (QED) is 0.852. The van der Waals surface area contributed by atoms with E-state index in [0.29, 0.717) is 30.5 Å². The molecule has 1 aliphatic rings. The number of benzene rings is 2. The van der Waals surface area contributed by atoms with Gasteiger partial charge >= 0.3 is 0 Å². The summed E-state index contributed by atoms with van der Waals surface area (Å²) < 4.78 is 28.7. The molecule has 0 radical (unpaired) electrons. The summed E-state index contributed by atoms with van der Waals surface area (Å²) in [5.41, 5.74) is 0. The van der Waals surface area contributed by atoms with Gasteiger partial charge in [-0.15, -0.1) is 0 Å². The molecule has 0 spiro atoms. The lowest BCUT2D eigenvalue weighted by Crippen LogP contribution is -2.04. The molecule has 20 heavy (non-hydrogen) atoms. The molecule has 2 aromatic carbocycles. The van der Waals surface area contributed by atoms with E-state index in [2.05, 4.69) is 0 Å². The number of halogens is 1. The third kappa shape index (κ3) is 3.19. The summed E-state index contributed by atoms with van der Waals surface area (Å²) in [5, 5.41) is 9.84. The first kappa shape index (κ1) is 12.7. The van der Waals surface area contributed by atoms with Crippen molar-refractivity contribution < 1.29 is 23.7 Å². The maximum Gasteiger partial charge on any atom is 0.161 e. The summed E-state index contributed by atoms with van der Waals surface area (Å²) in [7, 11) is 0. The van der Waals surface area contributed by atoms with Gasteiger partial charge in [0, 0.05) is 6.07 Å². The fourth-order valence-corrected chi connectivity index (χ4v) is 1.67. The molecule has 0 bridgehead atoms. The highest BCUT2D eigenvalue weighted by Crippen LogP contribution is 2.33. The molecular weight excluding hydrogens is 263 g/mol. The van der Waals surface area contributed by atoms with Gasteiger partial charge in [0.05, 0.1) is 6.61 Å². The Labute approximate surface area is 115 Å². The Kier molecular flexibility index (Phi) is 3.43. The van der Waals surface area contributed by atoms with Gasteiger partial charge in [-0.1, -0.05) is 0 Å². The Morgan fingerprint density at radius 3 is 2.50 bits per heavy atom. The van der Waals surface area contributed by atoms with Gasteiger partial charge in [-0.25, -0.2) is 4.39 Å². The highest BCUT2D eigenvalue weighted by atomic mass is 19.1. The monoisotopic (exact) mass is 276 g/mol. The van der Waals surface area contributed by atoms with Gasteiger partial charge in [-0.2, -0.15) is 0 Å². The molecule has 1 aliphatic heterocycles. The van der Waals surface area contributed by atoms with E-state index in [-0.39, 0.29) is 17.7 Å². The van der Waals surface area contributed by atoms with Crippen molar-refractivity contribution in [3.63, 3.8) is 0 Å². The maximum atomic E-state index is 12.8. The van der Waals surface area contributed by atoms with Crippen LogP contribution in [0.3, 0.4) is 0 Å². The molecule has 3 rings (SSSR count). The van der Waals surface area contributed by atoms with Crippen LogP contribution in [0.15, 0.2) is 42.5 Å². The van der Waals surface area contributed by atoms with E-state index in [0.717, 1.165) is 0 Å². The van der Waals surface area contributed by atoms with Crippen LogP contribution in [0.2, 0.25) is 0 Å². The molecular formula is C15H13FO4. The number of aromatic hydroxyl groups is 1. The van der Waals surface area contributed by atoms with Crippen molar-refractivity contribution in [1.82, 2.24) is 0 Å². The maximum absolute atomic E-state index is 12.8. The summed E-state index contributed by atoms with van der Waals surface area (Å²) in [5.74, 6) is 0.985. The fraction of sp³-hybridized carbons (Fsp3) is 0.200. The summed E-state index contributed by atoms with van der Waals surface area (Å²) >= 11 is 0. The van der Waals surface area contributed by atoms with Crippen molar-refractivity contribution in [2.45, 2.75) is 6.10 Å². The molecule has 4 nitrogen and oxygen atoms in total. The van der Waals surface area contributed by atoms with Gasteiger partial charge in [0.25, 0.3) is 0 Å². The second-order valence-corrected chi connectivity index (χ2v) is 4.45. The lowest BCUT2D eigenvalue weighted by molar-refractivity contribution is 0.253. The van der Waals surface area contributed by atoms with E-state index in [1.54, 1.807) is 12.1 Å². The average molecular weight is 276 g/mol. The standard InChI is InChI=1S/C15H13FO4/c16-10-1-3-11(4-2-10)20-12-5-6-15(14(17)7-12)19-9-13-8-18-13/h1-7,13,17H,8-9H2/t13-/m0/s1. The predicted molar refractivity (Wildman–Crippen MR) is 69.8 cm³/mol. The highest BCUT2D eigenvalue weighted by Gasteiger charge is 2.23. The highest BCUT2D eigenvalue weighted by molar-refractivity contribution is 5.45. The van der Waals surface area contributed by atoms with Gasteiger partial charge < -0.3 is 19.3 Å². The van der Waals surface area contributed by atoms with E-state index >= 15 is 0 Å². The lowest BCUT2D eigenvalue weighted by Gasteiger charge is -2.09. The normalized spacial score (nSPS) is 16.8. The minimum atomic E-state index is -0.328. The molecule has 104 valence electrons. The molecule has 0 aliphatic carbocycles. The zero-order chi connectivity index (χ0) is 13.9. The molecule has 2 aromatic rings. The zero-order valence-corrected chi connectivity index (χ0v) is 10.6. The van der Waals surface area contributed by atoms with Crippen molar-refractivity contribution in [2.24, 2.45) is 0 Å². The van der Waals surface area contributed by atoms with Crippen molar-refractivity contribution in [3.8, 4) is 23.0 Å². The Balaban J connectivity index is 1.67. The van der Waals surface area contributed by atoms with Crippen molar-refractivity contribution in [1.29, 1.82) is 0 Å². The van der Waals surface area contributed by atoms with E-state index in [1.807, 2.05) is 0 Å².